The molecule has 0 aliphatic carbocycles. The molecule has 3 heteroatoms. The molecule has 0 bridgehead atoms. The van der Waals surface area contributed by atoms with Crippen LogP contribution >= 0.6 is 11.6 Å². The van der Waals surface area contributed by atoms with Crippen molar-refractivity contribution in [2.45, 2.75) is 6.92 Å². The van der Waals surface area contributed by atoms with Gasteiger partial charge in [0.15, 0.2) is 0 Å². The monoisotopic (exact) mass is 219 g/mol. The van der Waals surface area contributed by atoms with Crippen LogP contribution in [-0.4, -0.2) is 10.1 Å². The van der Waals surface area contributed by atoms with Crippen LogP contribution in [0.5, 0.6) is 5.75 Å². The number of aromatic hydroxyl groups is 1. The third-order valence-electron chi connectivity index (χ3n) is 2.23. The molecule has 0 fully saturated rings. The van der Waals surface area contributed by atoms with Gasteiger partial charge in [-0.2, -0.15) is 0 Å². The van der Waals surface area contributed by atoms with Crippen molar-refractivity contribution in [1.82, 2.24) is 4.98 Å². The number of nitrogens with zero attached hydrogens (tertiary/aromatic N) is 1. The van der Waals surface area contributed by atoms with Gasteiger partial charge in [-0.15, -0.1) is 0 Å². The summed E-state index contributed by atoms with van der Waals surface area (Å²) in [6, 6.07) is 9.26. The Hall–Kier alpha value is -1.54. The highest BCUT2D eigenvalue weighted by Gasteiger charge is 2.08. The van der Waals surface area contributed by atoms with Gasteiger partial charge in [0.1, 0.15) is 11.4 Å². The molecule has 2 aromatic rings. The van der Waals surface area contributed by atoms with Crippen molar-refractivity contribution in [3.8, 4) is 17.0 Å². The third kappa shape index (κ3) is 1.95. The van der Waals surface area contributed by atoms with Gasteiger partial charge in [-0.05, 0) is 12.5 Å². The van der Waals surface area contributed by atoms with Crippen LogP contribution in [0.2, 0.25) is 5.02 Å². The number of aryl methyl sites for hydroxylation is 1. The number of rotatable bonds is 1. The zero-order chi connectivity index (χ0) is 10.8. The molecule has 0 spiro atoms. The Morgan fingerprint density at radius 3 is 2.67 bits per heavy atom. The lowest BCUT2D eigenvalue weighted by Gasteiger charge is -2.06. The number of hydrogen-bond acceptors (Lipinski definition) is 2. The SMILES string of the molecule is Cc1ccccc1-c1ncc(Cl)cc1O. The molecule has 2 nitrogen and oxygen atoms in total. The van der Waals surface area contributed by atoms with Crippen LogP contribution in [0.4, 0.5) is 0 Å². The second kappa shape index (κ2) is 3.91. The highest BCUT2D eigenvalue weighted by Crippen LogP contribution is 2.30. The van der Waals surface area contributed by atoms with E-state index in [9.17, 15) is 5.11 Å². The lowest BCUT2D eigenvalue weighted by molar-refractivity contribution is 0.475. The first-order valence-electron chi connectivity index (χ1n) is 4.59. The summed E-state index contributed by atoms with van der Waals surface area (Å²) in [7, 11) is 0. The Morgan fingerprint density at radius 2 is 2.00 bits per heavy atom. The Labute approximate surface area is 93.2 Å². The van der Waals surface area contributed by atoms with Crippen molar-refractivity contribution in [3.05, 3.63) is 47.1 Å². The van der Waals surface area contributed by atoms with Gasteiger partial charge >= 0.3 is 0 Å². The van der Waals surface area contributed by atoms with Gasteiger partial charge in [-0.3, -0.25) is 4.98 Å². The minimum absolute atomic E-state index is 0.108. The third-order valence-corrected chi connectivity index (χ3v) is 2.44. The average molecular weight is 220 g/mol. The van der Waals surface area contributed by atoms with E-state index in [0.29, 0.717) is 10.7 Å². The van der Waals surface area contributed by atoms with Gasteiger partial charge in [0, 0.05) is 17.8 Å². The van der Waals surface area contributed by atoms with Gasteiger partial charge < -0.3 is 5.11 Å². The van der Waals surface area contributed by atoms with Crippen molar-refractivity contribution in [1.29, 1.82) is 0 Å². The van der Waals surface area contributed by atoms with E-state index in [4.69, 9.17) is 11.6 Å². The van der Waals surface area contributed by atoms with Crippen molar-refractivity contribution >= 4 is 11.6 Å². The van der Waals surface area contributed by atoms with Gasteiger partial charge in [0.2, 0.25) is 0 Å². The highest BCUT2D eigenvalue weighted by molar-refractivity contribution is 6.30. The second-order valence-corrected chi connectivity index (χ2v) is 3.77. The molecule has 1 aromatic heterocycles. The van der Waals surface area contributed by atoms with E-state index in [2.05, 4.69) is 4.98 Å². The molecule has 0 radical (unpaired) electrons. The number of halogens is 1. The smallest absolute Gasteiger partial charge is 0.143 e. The van der Waals surface area contributed by atoms with Gasteiger partial charge in [-0.25, -0.2) is 0 Å². The van der Waals surface area contributed by atoms with Crippen LogP contribution in [0.3, 0.4) is 0 Å². The van der Waals surface area contributed by atoms with Gasteiger partial charge in [0.25, 0.3) is 0 Å². The first-order valence-corrected chi connectivity index (χ1v) is 4.97. The van der Waals surface area contributed by atoms with E-state index in [1.165, 1.54) is 12.3 Å². The fourth-order valence-corrected chi connectivity index (χ4v) is 1.63. The topological polar surface area (TPSA) is 33.1 Å². The molecule has 76 valence electrons. The zero-order valence-corrected chi connectivity index (χ0v) is 8.99. The number of aromatic nitrogens is 1. The summed E-state index contributed by atoms with van der Waals surface area (Å²) in [6.07, 6.45) is 1.53. The molecule has 0 amide bonds. The standard InChI is InChI=1S/C12H10ClNO/c1-8-4-2-3-5-10(8)12-11(15)6-9(13)7-14-12/h2-7,15H,1H3. The first kappa shape index (κ1) is 9.99. The fourth-order valence-electron chi connectivity index (χ4n) is 1.47. The van der Waals surface area contributed by atoms with Gasteiger partial charge in [0.05, 0.1) is 5.02 Å². The Morgan fingerprint density at radius 1 is 1.27 bits per heavy atom. The van der Waals surface area contributed by atoms with Crippen molar-refractivity contribution in [2.75, 3.05) is 0 Å². The molecule has 15 heavy (non-hydrogen) atoms. The molecule has 0 aliphatic rings. The zero-order valence-electron chi connectivity index (χ0n) is 8.24. The van der Waals surface area contributed by atoms with Crippen molar-refractivity contribution in [3.63, 3.8) is 0 Å². The Kier molecular flexibility index (Phi) is 2.60. The van der Waals surface area contributed by atoms with E-state index < -0.39 is 0 Å². The van der Waals surface area contributed by atoms with E-state index in [0.717, 1.165) is 11.1 Å². The molecule has 0 aliphatic heterocycles. The number of hydrogen-bond donors (Lipinski definition) is 1. The molecule has 0 atom stereocenters. The van der Waals surface area contributed by atoms with Crippen LogP contribution in [0.1, 0.15) is 5.56 Å². The normalized spacial score (nSPS) is 10.3. The first-order chi connectivity index (χ1) is 7.18. The highest BCUT2D eigenvalue weighted by atomic mass is 35.5. The quantitative estimate of drug-likeness (QED) is 0.797. The molecule has 2 rings (SSSR count). The van der Waals surface area contributed by atoms with E-state index >= 15 is 0 Å². The van der Waals surface area contributed by atoms with E-state index in [1.807, 2.05) is 31.2 Å². The van der Waals surface area contributed by atoms with Crippen molar-refractivity contribution in [2.24, 2.45) is 0 Å². The lowest BCUT2D eigenvalue weighted by Crippen LogP contribution is -1.87. The predicted octanol–water partition coefficient (Wildman–Crippen LogP) is 3.42. The van der Waals surface area contributed by atoms with Gasteiger partial charge in [-0.1, -0.05) is 35.9 Å². The fraction of sp³-hybridized carbons (Fsp3) is 0.0833. The van der Waals surface area contributed by atoms with Crippen LogP contribution in [0, 0.1) is 6.92 Å². The summed E-state index contributed by atoms with van der Waals surface area (Å²) < 4.78 is 0. The van der Waals surface area contributed by atoms with Crippen molar-refractivity contribution < 1.29 is 5.11 Å². The molecular weight excluding hydrogens is 210 g/mol. The molecular formula is C12H10ClNO. The summed E-state index contributed by atoms with van der Waals surface area (Å²) in [5.74, 6) is 0.108. The second-order valence-electron chi connectivity index (χ2n) is 3.34. The summed E-state index contributed by atoms with van der Waals surface area (Å²) in [5.41, 5.74) is 2.56. The molecule has 0 saturated heterocycles. The molecule has 1 aromatic carbocycles. The summed E-state index contributed by atoms with van der Waals surface area (Å²) >= 11 is 5.72. The van der Waals surface area contributed by atoms with Crippen LogP contribution in [0.15, 0.2) is 36.5 Å². The molecule has 0 saturated carbocycles. The average Bonchev–Trinajstić information content (AvgIpc) is 2.20. The number of benzene rings is 1. The summed E-state index contributed by atoms with van der Waals surface area (Å²) in [5, 5.41) is 10.2. The summed E-state index contributed by atoms with van der Waals surface area (Å²) in [4.78, 5) is 4.13. The lowest BCUT2D eigenvalue weighted by atomic mass is 10.0. The number of pyridine rings is 1. The minimum Gasteiger partial charge on any atom is -0.506 e. The Balaban J connectivity index is 2.60. The maximum Gasteiger partial charge on any atom is 0.143 e. The van der Waals surface area contributed by atoms with Crippen LogP contribution in [0.25, 0.3) is 11.3 Å². The largest absolute Gasteiger partial charge is 0.506 e. The van der Waals surface area contributed by atoms with Crippen LogP contribution < -0.4 is 0 Å². The van der Waals surface area contributed by atoms with E-state index in [-0.39, 0.29) is 5.75 Å². The Bertz CT molecular complexity index is 497. The van der Waals surface area contributed by atoms with Crippen LogP contribution in [-0.2, 0) is 0 Å². The maximum atomic E-state index is 9.72. The summed E-state index contributed by atoms with van der Waals surface area (Å²) in [6.45, 7) is 1.98. The predicted molar refractivity (Wildman–Crippen MR) is 61.1 cm³/mol. The molecule has 1 N–H and O–H groups in total. The minimum atomic E-state index is 0.108. The molecule has 1 heterocycles. The molecule has 0 unspecified atom stereocenters. The van der Waals surface area contributed by atoms with E-state index in [1.54, 1.807) is 0 Å². The maximum absolute atomic E-state index is 9.72.